The molecule has 0 aliphatic rings. The zero-order valence-corrected chi connectivity index (χ0v) is 12.1. The Hall–Kier alpha value is -2.09. The molecule has 7 heteroatoms. The van der Waals surface area contributed by atoms with Gasteiger partial charge in [0.1, 0.15) is 0 Å². The van der Waals surface area contributed by atoms with Gasteiger partial charge in [0.25, 0.3) is 0 Å². The van der Waals surface area contributed by atoms with Crippen molar-refractivity contribution in [3.63, 3.8) is 0 Å². The van der Waals surface area contributed by atoms with Crippen LogP contribution in [-0.2, 0) is 23.2 Å². The minimum absolute atomic E-state index is 0.0148. The lowest BCUT2D eigenvalue weighted by Crippen LogP contribution is -2.13. The van der Waals surface area contributed by atoms with E-state index < -0.39 is 10.0 Å². The molecule has 2 aromatic rings. The average molecular weight is 307 g/mol. The first-order valence-electron chi connectivity index (χ1n) is 6.25. The van der Waals surface area contributed by atoms with Crippen LogP contribution in [0.2, 0.25) is 0 Å². The van der Waals surface area contributed by atoms with E-state index in [9.17, 15) is 8.42 Å². The highest BCUT2D eigenvalue weighted by atomic mass is 32.2. The number of nitrogens with two attached hydrogens (primary N) is 2. The highest BCUT2D eigenvalue weighted by molar-refractivity contribution is 7.89. The molecule has 0 saturated heterocycles. The number of aliphatic hydroxyl groups excluding tert-OH is 1. The molecule has 0 bridgehead atoms. The standard InChI is InChI=1S/C14H17N3O3S/c15-13-7-12(21(16,19)20)4-5-14(13)17-8-10-2-1-3-11(6-10)9-18/h1-7,17-18H,8-9,15H2,(H2,16,19,20). The van der Waals surface area contributed by atoms with Gasteiger partial charge in [0.15, 0.2) is 0 Å². The maximum absolute atomic E-state index is 11.2. The first-order chi connectivity index (χ1) is 9.90. The summed E-state index contributed by atoms with van der Waals surface area (Å²) in [6, 6.07) is 11.8. The minimum atomic E-state index is -3.75. The Labute approximate surface area is 123 Å². The van der Waals surface area contributed by atoms with E-state index in [0.29, 0.717) is 17.9 Å². The molecule has 21 heavy (non-hydrogen) atoms. The molecule has 0 spiro atoms. The second-order valence-electron chi connectivity index (χ2n) is 4.63. The van der Waals surface area contributed by atoms with Crippen molar-refractivity contribution in [2.24, 2.45) is 5.14 Å². The van der Waals surface area contributed by atoms with Gasteiger partial charge in [-0.2, -0.15) is 0 Å². The molecule has 0 fully saturated rings. The molecule has 0 aromatic heterocycles. The van der Waals surface area contributed by atoms with Crippen molar-refractivity contribution in [2.75, 3.05) is 11.1 Å². The van der Waals surface area contributed by atoms with Gasteiger partial charge < -0.3 is 16.2 Å². The van der Waals surface area contributed by atoms with Crippen LogP contribution in [0.5, 0.6) is 0 Å². The molecule has 6 nitrogen and oxygen atoms in total. The minimum Gasteiger partial charge on any atom is -0.397 e. The van der Waals surface area contributed by atoms with E-state index in [2.05, 4.69) is 5.32 Å². The van der Waals surface area contributed by atoms with Crippen molar-refractivity contribution in [1.82, 2.24) is 0 Å². The van der Waals surface area contributed by atoms with Gasteiger partial charge in [0.2, 0.25) is 10.0 Å². The van der Waals surface area contributed by atoms with Gasteiger partial charge in [0.05, 0.1) is 22.9 Å². The SMILES string of the molecule is Nc1cc(S(N)(=O)=O)ccc1NCc1cccc(CO)c1. The van der Waals surface area contributed by atoms with Gasteiger partial charge >= 0.3 is 0 Å². The molecule has 0 saturated carbocycles. The molecule has 0 atom stereocenters. The second-order valence-corrected chi connectivity index (χ2v) is 6.19. The summed E-state index contributed by atoms with van der Waals surface area (Å²) in [5.74, 6) is 0. The Balaban J connectivity index is 2.13. The second kappa shape index (κ2) is 6.13. The fraction of sp³-hybridized carbons (Fsp3) is 0.143. The monoisotopic (exact) mass is 307 g/mol. The van der Waals surface area contributed by atoms with Crippen molar-refractivity contribution in [3.8, 4) is 0 Å². The Kier molecular flexibility index (Phi) is 4.46. The van der Waals surface area contributed by atoms with Crippen LogP contribution in [0.1, 0.15) is 11.1 Å². The van der Waals surface area contributed by atoms with Gasteiger partial charge in [-0.1, -0.05) is 24.3 Å². The largest absolute Gasteiger partial charge is 0.397 e. The molecule has 6 N–H and O–H groups in total. The third-order valence-electron chi connectivity index (χ3n) is 3.01. The molecule has 112 valence electrons. The molecule has 0 amide bonds. The number of hydrogen-bond donors (Lipinski definition) is 4. The predicted octanol–water partition coefficient (Wildman–Crippen LogP) is 1.02. The number of nitrogen functional groups attached to an aromatic ring is 1. The van der Waals surface area contributed by atoms with Crippen LogP contribution in [0.15, 0.2) is 47.4 Å². The highest BCUT2D eigenvalue weighted by Crippen LogP contribution is 2.22. The van der Waals surface area contributed by atoms with Crippen LogP contribution >= 0.6 is 0 Å². The lowest BCUT2D eigenvalue weighted by atomic mass is 10.1. The summed E-state index contributed by atoms with van der Waals surface area (Å²) < 4.78 is 22.4. The fourth-order valence-electron chi connectivity index (χ4n) is 1.91. The number of nitrogens with one attached hydrogen (secondary N) is 1. The highest BCUT2D eigenvalue weighted by Gasteiger charge is 2.09. The van der Waals surface area contributed by atoms with E-state index in [1.165, 1.54) is 12.1 Å². The molecule has 2 rings (SSSR count). The molecular weight excluding hydrogens is 290 g/mol. The Morgan fingerprint density at radius 1 is 1.10 bits per heavy atom. The smallest absolute Gasteiger partial charge is 0.238 e. The first kappa shape index (κ1) is 15.3. The predicted molar refractivity (Wildman–Crippen MR) is 81.9 cm³/mol. The fourth-order valence-corrected chi connectivity index (χ4v) is 2.46. The molecule has 0 radical (unpaired) electrons. The summed E-state index contributed by atoms with van der Waals surface area (Å²) in [7, 11) is -3.75. The maximum atomic E-state index is 11.2. The third kappa shape index (κ3) is 3.94. The maximum Gasteiger partial charge on any atom is 0.238 e. The van der Waals surface area contributed by atoms with Gasteiger partial charge in [-0.25, -0.2) is 13.6 Å². The first-order valence-corrected chi connectivity index (χ1v) is 7.79. The van der Waals surface area contributed by atoms with Crippen molar-refractivity contribution < 1.29 is 13.5 Å². The number of rotatable bonds is 5. The van der Waals surface area contributed by atoms with Crippen LogP contribution < -0.4 is 16.2 Å². The quantitative estimate of drug-likeness (QED) is 0.615. The van der Waals surface area contributed by atoms with E-state index in [1.807, 2.05) is 24.3 Å². The number of sulfonamides is 1. The summed E-state index contributed by atoms with van der Waals surface area (Å²) in [6.07, 6.45) is 0. The molecule has 0 heterocycles. The van der Waals surface area contributed by atoms with Crippen molar-refractivity contribution in [2.45, 2.75) is 18.0 Å². The Morgan fingerprint density at radius 2 is 1.81 bits per heavy atom. The Morgan fingerprint density at radius 3 is 2.43 bits per heavy atom. The molecule has 0 aliphatic carbocycles. The zero-order valence-electron chi connectivity index (χ0n) is 11.3. The van der Waals surface area contributed by atoms with Gasteiger partial charge in [-0.15, -0.1) is 0 Å². The Bertz CT molecular complexity index is 745. The van der Waals surface area contributed by atoms with Crippen LogP contribution in [0, 0.1) is 0 Å². The van der Waals surface area contributed by atoms with E-state index in [0.717, 1.165) is 11.1 Å². The van der Waals surface area contributed by atoms with E-state index in [4.69, 9.17) is 16.0 Å². The topological polar surface area (TPSA) is 118 Å². The third-order valence-corrected chi connectivity index (χ3v) is 3.92. The van der Waals surface area contributed by atoms with Gasteiger partial charge in [0, 0.05) is 6.54 Å². The zero-order chi connectivity index (χ0) is 15.5. The van der Waals surface area contributed by atoms with Crippen molar-refractivity contribution >= 4 is 21.4 Å². The number of hydrogen-bond acceptors (Lipinski definition) is 5. The van der Waals surface area contributed by atoms with Crippen LogP contribution in [-0.4, -0.2) is 13.5 Å². The number of aliphatic hydroxyl groups is 1. The lowest BCUT2D eigenvalue weighted by molar-refractivity contribution is 0.281. The molecule has 2 aromatic carbocycles. The molecular formula is C14H17N3O3S. The average Bonchev–Trinajstić information content (AvgIpc) is 2.45. The number of anilines is 2. The lowest BCUT2D eigenvalue weighted by Gasteiger charge is -2.11. The summed E-state index contributed by atoms with van der Waals surface area (Å²) in [5, 5.41) is 17.3. The van der Waals surface area contributed by atoms with Crippen LogP contribution in [0.25, 0.3) is 0 Å². The normalized spacial score (nSPS) is 11.3. The molecule has 0 unspecified atom stereocenters. The van der Waals surface area contributed by atoms with Gasteiger partial charge in [-0.3, -0.25) is 0 Å². The van der Waals surface area contributed by atoms with Crippen LogP contribution in [0.3, 0.4) is 0 Å². The van der Waals surface area contributed by atoms with E-state index in [-0.39, 0.29) is 11.5 Å². The van der Waals surface area contributed by atoms with Crippen LogP contribution in [0.4, 0.5) is 11.4 Å². The molecule has 0 aliphatic heterocycles. The summed E-state index contributed by atoms with van der Waals surface area (Å²) in [6.45, 7) is 0.492. The van der Waals surface area contributed by atoms with Crippen molar-refractivity contribution in [3.05, 3.63) is 53.6 Å². The van der Waals surface area contributed by atoms with Crippen molar-refractivity contribution in [1.29, 1.82) is 0 Å². The number of benzene rings is 2. The summed E-state index contributed by atoms with van der Waals surface area (Å²) in [4.78, 5) is -0.0205. The van der Waals surface area contributed by atoms with Gasteiger partial charge in [-0.05, 0) is 29.3 Å². The van der Waals surface area contributed by atoms with E-state index in [1.54, 1.807) is 6.07 Å². The summed E-state index contributed by atoms with van der Waals surface area (Å²) in [5.41, 5.74) is 8.55. The van der Waals surface area contributed by atoms with E-state index >= 15 is 0 Å². The summed E-state index contributed by atoms with van der Waals surface area (Å²) >= 11 is 0. The number of primary sulfonamides is 1.